The van der Waals surface area contributed by atoms with Gasteiger partial charge in [0.25, 0.3) is 0 Å². The lowest BCUT2D eigenvalue weighted by Gasteiger charge is -2.49. The maximum atomic E-state index is 12.8. The average molecular weight is 651 g/mol. The van der Waals surface area contributed by atoms with Gasteiger partial charge in [-0.1, -0.05) is 0 Å². The lowest BCUT2D eigenvalue weighted by atomic mass is 9.81. The van der Waals surface area contributed by atoms with Crippen LogP contribution in [0.4, 0.5) is 0 Å². The molecule has 18 nitrogen and oxygen atoms in total. The first-order chi connectivity index (χ1) is 21.3. The summed E-state index contributed by atoms with van der Waals surface area (Å²) in [5.41, 5.74) is 24.0. The first-order valence-corrected chi connectivity index (χ1v) is 15.6. The van der Waals surface area contributed by atoms with Crippen molar-refractivity contribution in [3.8, 4) is 0 Å². The van der Waals surface area contributed by atoms with E-state index in [2.05, 4.69) is 10.6 Å². The molecule has 17 N–H and O–H groups in total. The van der Waals surface area contributed by atoms with Gasteiger partial charge in [0.1, 0.15) is 61.0 Å². The lowest BCUT2D eigenvalue weighted by Crippen LogP contribution is -2.69. The van der Waals surface area contributed by atoms with E-state index in [4.69, 9.17) is 41.9 Å². The van der Waals surface area contributed by atoms with Crippen molar-refractivity contribution in [2.45, 2.75) is 130 Å². The van der Waals surface area contributed by atoms with Crippen LogP contribution in [-0.2, 0) is 23.7 Å². The molecule has 45 heavy (non-hydrogen) atoms. The predicted molar refractivity (Wildman–Crippen MR) is 152 cm³/mol. The van der Waals surface area contributed by atoms with E-state index in [1.807, 2.05) is 0 Å². The summed E-state index contributed by atoms with van der Waals surface area (Å²) in [6.45, 7) is 0.121. The normalized spacial score (nSPS) is 51.8. The number of carbonyl (C=O) groups is 1. The quantitative estimate of drug-likeness (QED) is 0.0987. The molecule has 2 saturated heterocycles. The molecule has 0 bridgehead atoms. The molecule has 0 radical (unpaired) electrons. The van der Waals surface area contributed by atoms with Crippen molar-refractivity contribution >= 4 is 5.91 Å². The van der Waals surface area contributed by atoms with Gasteiger partial charge in [-0.15, -0.1) is 0 Å². The summed E-state index contributed by atoms with van der Waals surface area (Å²) in [5.74, 6) is -0.429. The second kappa shape index (κ2) is 14.5. The number of rotatable bonds is 11. The minimum absolute atomic E-state index is 0.0104. The summed E-state index contributed by atoms with van der Waals surface area (Å²) >= 11 is 0. The first-order valence-electron chi connectivity index (χ1n) is 15.6. The van der Waals surface area contributed by atoms with Gasteiger partial charge in [-0.2, -0.15) is 0 Å². The molecule has 18 heteroatoms. The molecule has 5 rings (SSSR count). The van der Waals surface area contributed by atoms with Crippen molar-refractivity contribution in [2.75, 3.05) is 19.7 Å². The van der Waals surface area contributed by atoms with Crippen LogP contribution >= 0.6 is 0 Å². The van der Waals surface area contributed by atoms with E-state index in [1.54, 1.807) is 0 Å². The minimum atomic E-state index is -1.71. The zero-order valence-electron chi connectivity index (χ0n) is 24.9. The molecule has 0 spiro atoms. The highest BCUT2D eigenvalue weighted by Gasteiger charge is 2.53. The fourth-order valence-electron chi connectivity index (χ4n) is 6.66. The fraction of sp³-hybridized carbons (Fsp3) is 0.963. The summed E-state index contributed by atoms with van der Waals surface area (Å²) in [6, 6.07) is -3.28. The second-order valence-corrected chi connectivity index (χ2v) is 13.3. The molecular formula is C27H50N6O12. The minimum Gasteiger partial charge on any atom is -0.394 e. The van der Waals surface area contributed by atoms with E-state index in [0.29, 0.717) is 18.9 Å². The van der Waals surface area contributed by atoms with Crippen molar-refractivity contribution < 1.29 is 59.5 Å². The number of ether oxygens (including phenoxy) is 4. The Morgan fingerprint density at radius 3 is 1.96 bits per heavy atom. The molecule has 3 aliphatic carbocycles. The van der Waals surface area contributed by atoms with Gasteiger partial charge in [0.2, 0.25) is 5.91 Å². The van der Waals surface area contributed by atoms with Gasteiger partial charge in [-0.05, 0) is 38.1 Å². The predicted octanol–water partition coefficient (Wildman–Crippen LogP) is -7.42. The zero-order chi connectivity index (χ0) is 32.7. The number of hydrogen-bond acceptors (Lipinski definition) is 17. The van der Waals surface area contributed by atoms with Crippen molar-refractivity contribution in [1.82, 2.24) is 10.6 Å². The van der Waals surface area contributed by atoms with Crippen LogP contribution in [0, 0.1) is 11.8 Å². The van der Waals surface area contributed by atoms with Gasteiger partial charge in [0, 0.05) is 24.7 Å². The molecule has 5 aliphatic rings. The Hall–Kier alpha value is -1.17. The molecular weight excluding hydrogens is 600 g/mol. The van der Waals surface area contributed by atoms with Crippen molar-refractivity contribution in [3.63, 3.8) is 0 Å². The molecule has 1 amide bonds. The molecule has 0 aromatic heterocycles. The van der Waals surface area contributed by atoms with Crippen molar-refractivity contribution in [2.24, 2.45) is 34.8 Å². The number of carbonyl (C=O) groups excluding carboxylic acids is 1. The Bertz CT molecular complexity index is 998. The second-order valence-electron chi connectivity index (χ2n) is 13.3. The summed E-state index contributed by atoms with van der Waals surface area (Å²) in [4.78, 5) is 12.8. The summed E-state index contributed by atoms with van der Waals surface area (Å²) in [6.07, 6.45) is -15.0. The van der Waals surface area contributed by atoms with Gasteiger partial charge >= 0.3 is 0 Å². The molecule has 17 atom stereocenters. The van der Waals surface area contributed by atoms with E-state index in [1.165, 1.54) is 0 Å². The van der Waals surface area contributed by atoms with Crippen molar-refractivity contribution in [3.05, 3.63) is 0 Å². The number of hydrogen-bond donors (Lipinski definition) is 13. The monoisotopic (exact) mass is 650 g/mol. The van der Waals surface area contributed by atoms with Gasteiger partial charge in [0.05, 0.1) is 24.6 Å². The highest BCUT2D eigenvalue weighted by atomic mass is 16.7. The van der Waals surface area contributed by atoms with Crippen LogP contribution in [0.1, 0.15) is 25.7 Å². The Morgan fingerprint density at radius 2 is 1.33 bits per heavy atom. The topological polar surface area (TPSA) is 324 Å². The Morgan fingerprint density at radius 1 is 0.711 bits per heavy atom. The smallest absolute Gasteiger partial charge is 0.225 e. The van der Waals surface area contributed by atoms with E-state index in [9.17, 15) is 40.5 Å². The summed E-state index contributed by atoms with van der Waals surface area (Å²) in [7, 11) is 0. The third-order valence-corrected chi connectivity index (χ3v) is 9.76. The maximum absolute atomic E-state index is 12.8. The van der Waals surface area contributed by atoms with Gasteiger partial charge in [0.15, 0.2) is 12.6 Å². The van der Waals surface area contributed by atoms with Crippen LogP contribution in [0.3, 0.4) is 0 Å². The Kier molecular flexibility index (Phi) is 11.3. The average Bonchev–Trinajstić information content (AvgIpc) is 3.73. The SMILES string of the molecule is NC1CC(CNCC2OC(OC3C(N)CC(NC(=O)C4CC4N)C(OC4OC(CO)C(O)C(N)C4O)C3O)C(O)C(O)C2O)C1. The number of amides is 1. The molecule has 2 heterocycles. The van der Waals surface area contributed by atoms with Crippen LogP contribution in [0.2, 0.25) is 0 Å². The van der Waals surface area contributed by atoms with Gasteiger partial charge in [-0.25, -0.2) is 0 Å². The van der Waals surface area contributed by atoms with Crippen LogP contribution in [0.15, 0.2) is 0 Å². The molecule has 0 aromatic rings. The van der Waals surface area contributed by atoms with Crippen molar-refractivity contribution in [1.29, 1.82) is 0 Å². The standard InChI is InChI=1S/C27H50N6O12/c28-9-1-8(2-9)5-32-6-14-18(36)20(38)21(39)27(42-14)44-23-12(30)4-13(33-25(41)10-3-11(10)29)24(22(23)40)45-26-19(37)16(31)17(35)15(7-34)43-26/h8-24,26-27,32,34-40H,1-7,28-31H2,(H,33,41). The largest absolute Gasteiger partial charge is 0.394 e. The van der Waals surface area contributed by atoms with Crippen LogP contribution in [0.25, 0.3) is 0 Å². The van der Waals surface area contributed by atoms with E-state index < -0.39 is 104 Å². The highest BCUT2D eigenvalue weighted by Crippen LogP contribution is 2.34. The highest BCUT2D eigenvalue weighted by molar-refractivity contribution is 5.82. The Labute approximate surface area is 260 Å². The van der Waals surface area contributed by atoms with Crippen LogP contribution in [0.5, 0.6) is 0 Å². The van der Waals surface area contributed by atoms with Gasteiger partial charge < -0.3 is 88.3 Å². The van der Waals surface area contributed by atoms with E-state index >= 15 is 0 Å². The van der Waals surface area contributed by atoms with Gasteiger partial charge in [-0.3, -0.25) is 4.79 Å². The summed E-state index contributed by atoms with van der Waals surface area (Å²) in [5, 5.41) is 80.0. The number of nitrogens with two attached hydrogens (primary N) is 4. The molecule has 5 fully saturated rings. The third kappa shape index (κ3) is 7.62. The van der Waals surface area contributed by atoms with Crippen LogP contribution < -0.4 is 33.6 Å². The third-order valence-electron chi connectivity index (χ3n) is 9.76. The first kappa shape index (κ1) is 35.1. The molecule has 2 aliphatic heterocycles. The number of aliphatic hydroxyl groups is 7. The number of nitrogens with one attached hydrogen (secondary N) is 2. The molecule has 3 saturated carbocycles. The fourth-order valence-corrected chi connectivity index (χ4v) is 6.66. The number of aliphatic hydroxyl groups excluding tert-OH is 7. The molecule has 260 valence electrons. The Balaban J connectivity index is 1.29. The van der Waals surface area contributed by atoms with E-state index in [0.717, 1.165) is 12.8 Å². The summed E-state index contributed by atoms with van der Waals surface area (Å²) < 4.78 is 23.3. The molecule has 17 unspecified atom stereocenters. The zero-order valence-corrected chi connectivity index (χ0v) is 24.9. The lowest BCUT2D eigenvalue weighted by molar-refractivity contribution is -0.333. The maximum Gasteiger partial charge on any atom is 0.225 e. The molecule has 0 aromatic carbocycles. The van der Waals surface area contributed by atoms with E-state index in [-0.39, 0.29) is 31.0 Å². The van der Waals surface area contributed by atoms with Crippen LogP contribution in [-0.4, -0.2) is 165 Å².